The lowest BCUT2D eigenvalue weighted by atomic mass is 10.1. The number of carbonyl (C=O) groups is 2. The second-order valence-corrected chi connectivity index (χ2v) is 9.25. The fraction of sp³-hybridized carbons (Fsp3) is 0.185. The number of nitro benzene ring substituents is 1. The molecule has 0 radical (unpaired) electrons. The molecule has 0 fully saturated rings. The Bertz CT molecular complexity index is 1410. The van der Waals surface area contributed by atoms with Crippen LogP contribution in [0.5, 0.6) is 5.75 Å². The van der Waals surface area contributed by atoms with Crippen molar-refractivity contribution in [2.75, 3.05) is 25.5 Å². The van der Waals surface area contributed by atoms with Crippen LogP contribution in [0.4, 0.5) is 10.8 Å². The zero-order valence-corrected chi connectivity index (χ0v) is 21.4. The Morgan fingerprint density at radius 2 is 1.76 bits per heavy atom. The van der Waals surface area contributed by atoms with Crippen LogP contribution in [-0.4, -0.2) is 52.0 Å². The van der Waals surface area contributed by atoms with Gasteiger partial charge >= 0.3 is 0 Å². The number of methoxy groups -OCH3 is 1. The number of non-ortho nitro benzene ring substituents is 1. The molecular weight excluding hydrogens is 506 g/mol. The Balaban J connectivity index is 1.41. The second kappa shape index (κ2) is 12.5. The van der Waals surface area contributed by atoms with E-state index < -0.39 is 4.92 Å². The Morgan fingerprint density at radius 1 is 1.00 bits per heavy atom. The highest BCUT2D eigenvalue weighted by atomic mass is 32.1. The van der Waals surface area contributed by atoms with E-state index in [9.17, 15) is 19.7 Å². The van der Waals surface area contributed by atoms with Crippen molar-refractivity contribution in [3.8, 4) is 16.3 Å². The van der Waals surface area contributed by atoms with Gasteiger partial charge in [-0.3, -0.25) is 19.7 Å². The first-order valence-corrected chi connectivity index (χ1v) is 12.6. The van der Waals surface area contributed by atoms with Gasteiger partial charge in [-0.2, -0.15) is 0 Å². The number of aromatic nitrogens is 2. The van der Waals surface area contributed by atoms with Crippen molar-refractivity contribution in [2.24, 2.45) is 0 Å². The molecule has 4 aromatic rings. The van der Waals surface area contributed by atoms with E-state index in [0.717, 1.165) is 16.9 Å². The number of benzene rings is 3. The van der Waals surface area contributed by atoms with Crippen LogP contribution in [-0.2, 0) is 11.2 Å². The molecule has 38 heavy (non-hydrogen) atoms. The van der Waals surface area contributed by atoms with E-state index in [1.807, 2.05) is 54.6 Å². The Morgan fingerprint density at radius 3 is 2.47 bits per heavy atom. The van der Waals surface area contributed by atoms with E-state index in [1.54, 1.807) is 7.11 Å². The highest BCUT2D eigenvalue weighted by molar-refractivity contribution is 7.18. The van der Waals surface area contributed by atoms with Crippen molar-refractivity contribution < 1.29 is 19.2 Å². The van der Waals surface area contributed by atoms with E-state index in [0.29, 0.717) is 23.1 Å². The minimum absolute atomic E-state index is 0.0207. The van der Waals surface area contributed by atoms with Gasteiger partial charge in [0.25, 0.3) is 11.6 Å². The average Bonchev–Trinajstić information content (AvgIpc) is 3.41. The van der Waals surface area contributed by atoms with Crippen LogP contribution in [0.3, 0.4) is 0 Å². The van der Waals surface area contributed by atoms with Crippen molar-refractivity contribution in [1.29, 1.82) is 0 Å². The Hall–Kier alpha value is -4.64. The first-order valence-electron chi connectivity index (χ1n) is 11.8. The molecule has 0 unspecified atom stereocenters. The molecule has 0 saturated carbocycles. The van der Waals surface area contributed by atoms with E-state index in [-0.39, 0.29) is 36.0 Å². The van der Waals surface area contributed by atoms with Crippen molar-refractivity contribution in [3.63, 3.8) is 0 Å². The van der Waals surface area contributed by atoms with Crippen molar-refractivity contribution in [3.05, 3.63) is 100 Å². The number of amides is 2. The summed E-state index contributed by atoms with van der Waals surface area (Å²) in [7, 11) is 1.59. The molecule has 1 aromatic heterocycles. The highest BCUT2D eigenvalue weighted by Gasteiger charge is 2.20. The van der Waals surface area contributed by atoms with Gasteiger partial charge in [-0.1, -0.05) is 47.7 Å². The summed E-state index contributed by atoms with van der Waals surface area (Å²) in [6.07, 6.45) is 0.595. The smallest absolute Gasteiger partial charge is 0.270 e. The van der Waals surface area contributed by atoms with Gasteiger partial charge in [0.2, 0.25) is 11.0 Å². The summed E-state index contributed by atoms with van der Waals surface area (Å²) in [5.41, 5.74) is 1.91. The lowest BCUT2D eigenvalue weighted by molar-refractivity contribution is -0.384. The first kappa shape index (κ1) is 26.4. The van der Waals surface area contributed by atoms with Gasteiger partial charge in [0.15, 0.2) is 0 Å². The van der Waals surface area contributed by atoms with E-state index in [1.165, 1.54) is 40.5 Å². The molecular formula is C27H25N5O5S. The molecule has 0 aliphatic rings. The van der Waals surface area contributed by atoms with E-state index in [2.05, 4.69) is 15.5 Å². The molecule has 1 N–H and O–H groups in total. The zero-order chi connectivity index (χ0) is 26.9. The minimum Gasteiger partial charge on any atom is -0.497 e. The maximum absolute atomic E-state index is 13.3. The van der Waals surface area contributed by atoms with Gasteiger partial charge in [-0.25, -0.2) is 0 Å². The van der Waals surface area contributed by atoms with E-state index in [4.69, 9.17) is 4.74 Å². The summed E-state index contributed by atoms with van der Waals surface area (Å²) in [4.78, 5) is 38.1. The molecule has 0 aliphatic heterocycles. The van der Waals surface area contributed by atoms with Crippen LogP contribution in [0.1, 0.15) is 22.3 Å². The number of nitrogens with zero attached hydrogens (tertiary/aromatic N) is 4. The quantitative estimate of drug-likeness (QED) is 0.217. The predicted octanol–water partition coefficient (Wildman–Crippen LogP) is 4.84. The van der Waals surface area contributed by atoms with Crippen LogP contribution in [0.2, 0.25) is 0 Å². The highest BCUT2D eigenvalue weighted by Crippen LogP contribution is 2.27. The van der Waals surface area contributed by atoms with Gasteiger partial charge in [-0.15, -0.1) is 10.2 Å². The second-order valence-electron chi connectivity index (χ2n) is 8.27. The third kappa shape index (κ3) is 6.98. The number of nitrogens with one attached hydrogen (secondary N) is 1. The lowest BCUT2D eigenvalue weighted by Gasteiger charge is -2.22. The molecule has 3 aromatic carbocycles. The number of carbonyl (C=O) groups excluding carboxylic acids is 2. The molecule has 10 nitrogen and oxygen atoms in total. The molecule has 0 saturated heterocycles. The zero-order valence-electron chi connectivity index (χ0n) is 20.6. The van der Waals surface area contributed by atoms with Crippen LogP contribution in [0, 0.1) is 10.1 Å². The third-order valence-electron chi connectivity index (χ3n) is 5.72. The normalized spacial score (nSPS) is 10.6. The molecule has 0 aliphatic carbocycles. The fourth-order valence-corrected chi connectivity index (χ4v) is 4.47. The summed E-state index contributed by atoms with van der Waals surface area (Å²) in [6, 6.07) is 22.6. The molecule has 0 spiro atoms. The average molecular weight is 532 g/mol. The number of hydrogen-bond acceptors (Lipinski definition) is 8. The minimum atomic E-state index is -0.541. The summed E-state index contributed by atoms with van der Waals surface area (Å²) >= 11 is 1.24. The monoisotopic (exact) mass is 531 g/mol. The third-order valence-corrected chi connectivity index (χ3v) is 6.61. The van der Waals surface area contributed by atoms with E-state index >= 15 is 0 Å². The Labute approximate surface area is 223 Å². The van der Waals surface area contributed by atoms with Gasteiger partial charge in [0, 0.05) is 42.8 Å². The molecule has 1 heterocycles. The molecule has 0 atom stereocenters. The number of nitro groups is 1. The molecule has 194 valence electrons. The van der Waals surface area contributed by atoms with Gasteiger partial charge in [0.05, 0.1) is 12.0 Å². The van der Waals surface area contributed by atoms with Crippen LogP contribution in [0.25, 0.3) is 10.6 Å². The van der Waals surface area contributed by atoms with Gasteiger partial charge in [0.1, 0.15) is 10.8 Å². The predicted molar refractivity (Wildman–Crippen MR) is 144 cm³/mol. The number of hydrogen-bond donors (Lipinski definition) is 1. The van der Waals surface area contributed by atoms with Crippen LogP contribution in [0.15, 0.2) is 78.9 Å². The van der Waals surface area contributed by atoms with Crippen molar-refractivity contribution >= 4 is 34.0 Å². The molecule has 11 heteroatoms. The molecule has 2 amide bonds. The van der Waals surface area contributed by atoms with Gasteiger partial charge in [-0.05, 0) is 42.3 Å². The maximum atomic E-state index is 13.3. The maximum Gasteiger partial charge on any atom is 0.270 e. The summed E-state index contributed by atoms with van der Waals surface area (Å²) in [6.45, 7) is 0.476. The standard InChI is InChI=1S/C27H25N5O5S/c1-37-23-12-10-20(11-13-23)25-29-30-27(38-25)28-24(33)15-17-31(16-14-19-6-3-2-4-7-19)26(34)21-8-5-9-22(18-21)32(35)36/h2-13,18H,14-17H2,1H3,(H,28,30,33). The topological polar surface area (TPSA) is 128 Å². The number of ether oxygens (including phenoxy) is 1. The summed E-state index contributed by atoms with van der Waals surface area (Å²) in [5.74, 6) is 0.0254. The largest absolute Gasteiger partial charge is 0.497 e. The fourth-order valence-electron chi connectivity index (χ4n) is 3.70. The van der Waals surface area contributed by atoms with Crippen LogP contribution >= 0.6 is 11.3 Å². The number of anilines is 1. The van der Waals surface area contributed by atoms with Crippen molar-refractivity contribution in [2.45, 2.75) is 12.8 Å². The summed E-state index contributed by atoms with van der Waals surface area (Å²) < 4.78 is 5.17. The first-order chi connectivity index (χ1) is 18.4. The van der Waals surface area contributed by atoms with Crippen LogP contribution < -0.4 is 10.1 Å². The Kier molecular flexibility index (Phi) is 8.73. The molecule has 0 bridgehead atoms. The summed E-state index contributed by atoms with van der Waals surface area (Å²) in [5, 5.41) is 23.1. The van der Waals surface area contributed by atoms with Crippen molar-refractivity contribution in [1.82, 2.24) is 15.1 Å². The SMILES string of the molecule is COc1ccc(-c2nnc(NC(=O)CCN(CCc3ccccc3)C(=O)c3cccc([N+](=O)[O-])c3)s2)cc1. The van der Waals surface area contributed by atoms with Gasteiger partial charge < -0.3 is 15.0 Å². The molecule has 4 rings (SSSR count). The lowest BCUT2D eigenvalue weighted by Crippen LogP contribution is -2.35. The number of rotatable bonds is 11.